The number of nitro groups is 1. The van der Waals surface area contributed by atoms with Gasteiger partial charge in [-0.2, -0.15) is 5.10 Å². The fraction of sp³-hybridized carbons (Fsp3) is 0.200. The lowest BCUT2D eigenvalue weighted by atomic mass is 10.2. The number of nitrogens with zero attached hydrogens (tertiary/aromatic N) is 2. The van der Waals surface area contributed by atoms with Crippen molar-refractivity contribution in [2.45, 2.75) is 13.8 Å². The Labute approximate surface area is 136 Å². The van der Waals surface area contributed by atoms with Crippen LogP contribution in [0, 0.1) is 17.0 Å². The second-order valence-corrected chi connectivity index (χ2v) is 4.69. The number of rotatable bonds is 6. The number of carbonyl (C=O) groups excluding carboxylic acids is 1. The number of phenols is 1. The molecule has 0 aliphatic carbocycles. The maximum Gasteiger partial charge on any atom is 0.315 e. The van der Waals surface area contributed by atoms with E-state index in [0.29, 0.717) is 5.76 Å². The van der Waals surface area contributed by atoms with Crippen LogP contribution in [0.2, 0.25) is 0 Å². The summed E-state index contributed by atoms with van der Waals surface area (Å²) in [7, 11) is 0. The number of benzene rings is 1. The highest BCUT2D eigenvalue weighted by Crippen LogP contribution is 2.36. The predicted molar refractivity (Wildman–Crippen MR) is 84.4 cm³/mol. The number of amides is 1. The molecule has 9 nitrogen and oxygen atoms in total. The van der Waals surface area contributed by atoms with Crippen molar-refractivity contribution in [1.82, 2.24) is 5.43 Å². The summed E-state index contributed by atoms with van der Waals surface area (Å²) < 4.78 is 10.3. The summed E-state index contributed by atoms with van der Waals surface area (Å²) in [5.41, 5.74) is 2.00. The minimum Gasteiger partial charge on any atom is -0.500 e. The molecule has 0 spiro atoms. The Morgan fingerprint density at radius 1 is 1.50 bits per heavy atom. The number of nitrogens with one attached hydrogen (secondary N) is 1. The van der Waals surface area contributed by atoms with Crippen molar-refractivity contribution < 1.29 is 24.0 Å². The lowest BCUT2D eigenvalue weighted by molar-refractivity contribution is -0.386. The molecule has 0 radical (unpaired) electrons. The number of hydrazone groups is 1. The number of aromatic hydroxyl groups is 1. The fourth-order valence-corrected chi connectivity index (χ4v) is 1.87. The Morgan fingerprint density at radius 2 is 2.25 bits per heavy atom. The van der Waals surface area contributed by atoms with E-state index in [1.54, 1.807) is 19.9 Å². The highest BCUT2D eigenvalue weighted by molar-refractivity contribution is 5.92. The average molecular weight is 333 g/mol. The summed E-state index contributed by atoms with van der Waals surface area (Å²) in [6.45, 7) is 3.60. The highest BCUT2D eigenvalue weighted by Gasteiger charge is 2.19. The van der Waals surface area contributed by atoms with Gasteiger partial charge in [0.25, 0.3) is 0 Å². The molecule has 0 unspecified atom stereocenters. The Bertz CT molecular complexity index is 797. The van der Waals surface area contributed by atoms with Gasteiger partial charge in [-0.1, -0.05) is 0 Å². The second-order valence-electron chi connectivity index (χ2n) is 4.69. The normalized spacial score (nSPS) is 10.8. The molecule has 0 aliphatic rings. The molecule has 1 aromatic carbocycles. The third-order valence-corrected chi connectivity index (χ3v) is 2.92. The standard InChI is InChI=1S/C15H15N3O6/c1-3-23-13-7-10(6-11(14(13)19)18(21)22)8-16-17-15(20)12-5-4-9(2)24-12/h4-8,19H,3H2,1-2H3,(H,17,20)/b16-8-. The van der Waals surface area contributed by atoms with Gasteiger partial charge in [0.15, 0.2) is 11.5 Å². The number of carbonyl (C=O) groups is 1. The smallest absolute Gasteiger partial charge is 0.315 e. The molecule has 0 fully saturated rings. The van der Waals surface area contributed by atoms with Crippen LogP contribution in [-0.4, -0.2) is 28.8 Å². The van der Waals surface area contributed by atoms with Gasteiger partial charge in [0.2, 0.25) is 5.75 Å². The van der Waals surface area contributed by atoms with Crippen LogP contribution in [0.3, 0.4) is 0 Å². The Morgan fingerprint density at radius 3 is 2.83 bits per heavy atom. The van der Waals surface area contributed by atoms with Crippen molar-refractivity contribution in [1.29, 1.82) is 0 Å². The molecule has 1 amide bonds. The molecule has 2 N–H and O–H groups in total. The van der Waals surface area contributed by atoms with E-state index in [4.69, 9.17) is 9.15 Å². The SMILES string of the molecule is CCOc1cc(/C=N\NC(=O)c2ccc(C)o2)cc([N+](=O)[O-])c1O. The van der Waals surface area contributed by atoms with E-state index in [9.17, 15) is 20.0 Å². The summed E-state index contributed by atoms with van der Waals surface area (Å²) in [6.07, 6.45) is 1.20. The number of hydrogen-bond acceptors (Lipinski definition) is 7. The van der Waals surface area contributed by atoms with Gasteiger partial charge in [0, 0.05) is 11.6 Å². The number of phenolic OH excluding ortho intramolecular Hbond substituents is 1. The maximum absolute atomic E-state index is 11.8. The molecule has 9 heteroatoms. The molecule has 24 heavy (non-hydrogen) atoms. The van der Waals surface area contributed by atoms with Crippen molar-refractivity contribution in [3.63, 3.8) is 0 Å². The minimum atomic E-state index is -0.737. The zero-order valence-electron chi connectivity index (χ0n) is 13.0. The predicted octanol–water partition coefficient (Wildman–Crippen LogP) is 2.36. The van der Waals surface area contributed by atoms with Crippen LogP contribution in [0.5, 0.6) is 11.5 Å². The first kappa shape index (κ1) is 17.0. The molecule has 0 atom stereocenters. The quantitative estimate of drug-likeness (QED) is 0.474. The Kier molecular flexibility index (Phi) is 5.15. The first-order valence-corrected chi connectivity index (χ1v) is 6.96. The first-order chi connectivity index (χ1) is 11.4. The molecule has 2 rings (SSSR count). The molecule has 0 bridgehead atoms. The topological polar surface area (TPSA) is 127 Å². The molecule has 0 saturated heterocycles. The summed E-state index contributed by atoms with van der Waals surface area (Å²) in [5, 5.41) is 24.5. The van der Waals surface area contributed by atoms with Gasteiger partial charge in [-0.05, 0) is 32.0 Å². The van der Waals surface area contributed by atoms with Gasteiger partial charge >= 0.3 is 11.6 Å². The average Bonchev–Trinajstić information content (AvgIpc) is 2.96. The molecule has 126 valence electrons. The van der Waals surface area contributed by atoms with Crippen LogP contribution in [-0.2, 0) is 0 Å². The number of furan rings is 1. The monoisotopic (exact) mass is 333 g/mol. The van der Waals surface area contributed by atoms with E-state index in [-0.39, 0.29) is 23.7 Å². The van der Waals surface area contributed by atoms with Crippen molar-refractivity contribution in [3.8, 4) is 11.5 Å². The third kappa shape index (κ3) is 3.88. The number of nitro benzene ring substituents is 1. The van der Waals surface area contributed by atoms with E-state index >= 15 is 0 Å². The van der Waals surface area contributed by atoms with Crippen LogP contribution in [0.25, 0.3) is 0 Å². The Balaban J connectivity index is 2.19. The molecular formula is C15H15N3O6. The van der Waals surface area contributed by atoms with Crippen molar-refractivity contribution >= 4 is 17.8 Å². The minimum absolute atomic E-state index is 0.0406. The van der Waals surface area contributed by atoms with E-state index < -0.39 is 22.3 Å². The van der Waals surface area contributed by atoms with Gasteiger partial charge in [0.1, 0.15) is 5.76 Å². The second kappa shape index (κ2) is 7.27. The van der Waals surface area contributed by atoms with Gasteiger partial charge in [-0.25, -0.2) is 5.43 Å². The van der Waals surface area contributed by atoms with E-state index in [1.807, 2.05) is 0 Å². The lowest BCUT2D eigenvalue weighted by Crippen LogP contribution is -2.16. The number of aryl methyl sites for hydroxylation is 1. The summed E-state index contributed by atoms with van der Waals surface area (Å²) >= 11 is 0. The first-order valence-electron chi connectivity index (χ1n) is 6.96. The Hall–Kier alpha value is -3.36. The third-order valence-electron chi connectivity index (χ3n) is 2.92. The number of hydrogen-bond donors (Lipinski definition) is 2. The van der Waals surface area contributed by atoms with Gasteiger partial charge in [0.05, 0.1) is 17.7 Å². The lowest BCUT2D eigenvalue weighted by Gasteiger charge is -2.07. The van der Waals surface area contributed by atoms with Crippen LogP contribution >= 0.6 is 0 Å². The van der Waals surface area contributed by atoms with Crippen LogP contribution in [0.15, 0.2) is 33.8 Å². The van der Waals surface area contributed by atoms with Crippen molar-refractivity contribution in [2.75, 3.05) is 6.61 Å². The molecule has 1 aromatic heterocycles. The van der Waals surface area contributed by atoms with E-state index in [2.05, 4.69) is 10.5 Å². The molecular weight excluding hydrogens is 318 g/mol. The van der Waals surface area contributed by atoms with E-state index in [0.717, 1.165) is 6.07 Å². The summed E-state index contributed by atoms with van der Waals surface area (Å²) in [6, 6.07) is 5.62. The van der Waals surface area contributed by atoms with Gasteiger partial charge in [-0.3, -0.25) is 14.9 Å². The zero-order valence-corrected chi connectivity index (χ0v) is 13.0. The molecule has 0 aliphatic heterocycles. The molecule has 2 aromatic rings. The summed E-state index contributed by atoms with van der Waals surface area (Å²) in [5.74, 6) is -0.483. The van der Waals surface area contributed by atoms with Gasteiger partial charge in [-0.15, -0.1) is 0 Å². The zero-order chi connectivity index (χ0) is 17.7. The van der Waals surface area contributed by atoms with Crippen LogP contribution in [0.1, 0.15) is 28.8 Å². The van der Waals surface area contributed by atoms with Crippen LogP contribution < -0.4 is 10.2 Å². The highest BCUT2D eigenvalue weighted by atomic mass is 16.6. The maximum atomic E-state index is 11.8. The number of ether oxygens (including phenoxy) is 1. The largest absolute Gasteiger partial charge is 0.500 e. The van der Waals surface area contributed by atoms with Crippen molar-refractivity contribution in [2.24, 2.45) is 5.10 Å². The van der Waals surface area contributed by atoms with Gasteiger partial charge < -0.3 is 14.3 Å². The van der Waals surface area contributed by atoms with Crippen LogP contribution in [0.4, 0.5) is 5.69 Å². The fourth-order valence-electron chi connectivity index (χ4n) is 1.87. The van der Waals surface area contributed by atoms with E-state index in [1.165, 1.54) is 18.3 Å². The summed E-state index contributed by atoms with van der Waals surface area (Å²) in [4.78, 5) is 22.0. The van der Waals surface area contributed by atoms with Crippen molar-refractivity contribution in [3.05, 3.63) is 51.5 Å². The molecule has 0 saturated carbocycles. The molecule has 1 heterocycles.